The molecule has 25 heavy (non-hydrogen) atoms. The Morgan fingerprint density at radius 2 is 2.12 bits per heavy atom. The standard InChI is InChI=1S/C16H21F3N4OS/c1-3-4-10(23-15(25)16(17,18)19)13(20)9-5-6-12-11(7-9)22-14(21)8(2)24-12/h5-8,10,13H,3-4,20H2,1-2H3,(H2,21,22)(H,23,25). The van der Waals surface area contributed by atoms with E-state index in [0.717, 1.165) is 0 Å². The van der Waals surface area contributed by atoms with E-state index >= 15 is 0 Å². The molecule has 0 amide bonds. The van der Waals surface area contributed by atoms with Gasteiger partial charge in [-0.05, 0) is 31.0 Å². The number of hydrogen-bond donors (Lipinski definition) is 3. The van der Waals surface area contributed by atoms with Crippen LogP contribution in [0.15, 0.2) is 23.2 Å². The molecule has 1 aromatic rings. The van der Waals surface area contributed by atoms with E-state index in [-0.39, 0.29) is 6.10 Å². The molecule has 1 aliphatic heterocycles. The van der Waals surface area contributed by atoms with Crippen molar-refractivity contribution in [1.29, 1.82) is 0 Å². The van der Waals surface area contributed by atoms with Crippen LogP contribution in [0.4, 0.5) is 18.9 Å². The third-order valence-electron chi connectivity index (χ3n) is 3.94. The number of nitrogens with two attached hydrogens (primary N) is 2. The summed E-state index contributed by atoms with van der Waals surface area (Å²) in [6.45, 7) is 3.64. The number of thiocarbonyl (C=S) groups is 1. The number of nitrogens with zero attached hydrogens (tertiary/aromatic N) is 1. The second kappa shape index (κ2) is 7.57. The molecular weight excluding hydrogens is 353 g/mol. The lowest BCUT2D eigenvalue weighted by atomic mass is 9.96. The summed E-state index contributed by atoms with van der Waals surface area (Å²) in [5.74, 6) is 0.892. The second-order valence-electron chi connectivity index (χ2n) is 5.92. The lowest BCUT2D eigenvalue weighted by molar-refractivity contribution is -0.0598. The molecule has 0 aromatic heterocycles. The summed E-state index contributed by atoms with van der Waals surface area (Å²) >= 11 is 4.43. The Morgan fingerprint density at radius 1 is 1.44 bits per heavy atom. The van der Waals surface area contributed by atoms with Gasteiger partial charge in [0.1, 0.15) is 17.3 Å². The molecule has 0 bridgehead atoms. The molecule has 138 valence electrons. The number of rotatable bonds is 5. The van der Waals surface area contributed by atoms with E-state index in [1.165, 1.54) is 0 Å². The maximum absolute atomic E-state index is 12.7. The van der Waals surface area contributed by atoms with Crippen LogP contribution in [0.3, 0.4) is 0 Å². The van der Waals surface area contributed by atoms with Crippen molar-refractivity contribution in [3.8, 4) is 5.75 Å². The predicted octanol–water partition coefficient (Wildman–Crippen LogP) is 3.10. The Hall–Kier alpha value is -1.87. The van der Waals surface area contributed by atoms with Crippen molar-refractivity contribution in [3.05, 3.63) is 23.8 Å². The summed E-state index contributed by atoms with van der Waals surface area (Å²) in [5.41, 5.74) is 13.1. The summed E-state index contributed by atoms with van der Waals surface area (Å²) in [6.07, 6.45) is -3.82. The minimum absolute atomic E-state index is 0.328. The van der Waals surface area contributed by atoms with Gasteiger partial charge in [0.15, 0.2) is 11.1 Å². The first-order chi connectivity index (χ1) is 11.6. The molecule has 5 nitrogen and oxygen atoms in total. The number of fused-ring (bicyclic) bond motifs is 1. The van der Waals surface area contributed by atoms with E-state index in [0.29, 0.717) is 35.7 Å². The summed E-state index contributed by atoms with van der Waals surface area (Å²) in [6, 6.07) is 3.75. The zero-order valence-corrected chi connectivity index (χ0v) is 14.7. The monoisotopic (exact) mass is 374 g/mol. The zero-order chi connectivity index (χ0) is 18.8. The molecule has 0 fully saturated rings. The Morgan fingerprint density at radius 3 is 2.72 bits per heavy atom. The SMILES string of the molecule is CCCC(NC(=S)C(F)(F)F)C(N)c1ccc2c(c1)N=C(N)C(C)O2. The van der Waals surface area contributed by atoms with Crippen molar-refractivity contribution in [1.82, 2.24) is 5.32 Å². The fourth-order valence-corrected chi connectivity index (χ4v) is 2.70. The van der Waals surface area contributed by atoms with Gasteiger partial charge in [0.25, 0.3) is 0 Å². The number of amidine groups is 1. The molecule has 3 unspecified atom stereocenters. The molecule has 0 saturated heterocycles. The van der Waals surface area contributed by atoms with E-state index in [1.54, 1.807) is 25.1 Å². The summed E-state index contributed by atoms with van der Waals surface area (Å²) in [7, 11) is 0. The highest BCUT2D eigenvalue weighted by atomic mass is 32.1. The number of alkyl halides is 3. The van der Waals surface area contributed by atoms with Crippen LogP contribution in [0.5, 0.6) is 5.75 Å². The van der Waals surface area contributed by atoms with Gasteiger partial charge < -0.3 is 21.5 Å². The highest BCUT2D eigenvalue weighted by Crippen LogP contribution is 2.35. The maximum atomic E-state index is 12.7. The first-order valence-corrected chi connectivity index (χ1v) is 8.32. The van der Waals surface area contributed by atoms with E-state index < -0.39 is 23.2 Å². The van der Waals surface area contributed by atoms with E-state index in [2.05, 4.69) is 22.5 Å². The quantitative estimate of drug-likeness (QED) is 0.690. The van der Waals surface area contributed by atoms with Crippen molar-refractivity contribution in [2.75, 3.05) is 0 Å². The normalized spacial score (nSPS) is 19.3. The van der Waals surface area contributed by atoms with Crippen LogP contribution >= 0.6 is 12.2 Å². The van der Waals surface area contributed by atoms with E-state index in [4.69, 9.17) is 16.2 Å². The Bertz CT molecular complexity index is 678. The molecule has 5 N–H and O–H groups in total. The van der Waals surface area contributed by atoms with Crippen molar-refractivity contribution in [2.45, 2.75) is 51.1 Å². The van der Waals surface area contributed by atoms with Crippen LogP contribution in [0.25, 0.3) is 0 Å². The van der Waals surface area contributed by atoms with Gasteiger partial charge in [-0.3, -0.25) is 0 Å². The van der Waals surface area contributed by atoms with Crippen molar-refractivity contribution >= 4 is 28.7 Å². The molecule has 2 rings (SSSR count). The van der Waals surface area contributed by atoms with Crippen LogP contribution in [0, 0.1) is 0 Å². The molecule has 1 aliphatic rings. The molecule has 3 atom stereocenters. The maximum Gasteiger partial charge on any atom is 0.441 e. The third-order valence-corrected chi connectivity index (χ3v) is 4.29. The molecule has 9 heteroatoms. The number of ether oxygens (including phenoxy) is 1. The Balaban J connectivity index is 2.24. The molecule has 1 aromatic carbocycles. The predicted molar refractivity (Wildman–Crippen MR) is 95.2 cm³/mol. The number of hydrogen-bond acceptors (Lipinski definition) is 5. The summed E-state index contributed by atoms with van der Waals surface area (Å²) in [5, 5.41) is 2.34. The molecule has 0 aliphatic carbocycles. The summed E-state index contributed by atoms with van der Waals surface area (Å²) < 4.78 is 43.8. The van der Waals surface area contributed by atoms with Crippen molar-refractivity contribution in [3.63, 3.8) is 0 Å². The number of halogens is 3. The largest absolute Gasteiger partial charge is 0.481 e. The van der Waals surface area contributed by atoms with Crippen LogP contribution < -0.4 is 21.5 Å². The zero-order valence-electron chi connectivity index (χ0n) is 13.9. The van der Waals surface area contributed by atoms with Gasteiger partial charge in [0, 0.05) is 6.04 Å². The Labute approximate surface area is 149 Å². The first-order valence-electron chi connectivity index (χ1n) is 7.91. The third kappa shape index (κ3) is 4.60. The van der Waals surface area contributed by atoms with E-state index in [1.807, 2.05) is 6.92 Å². The van der Waals surface area contributed by atoms with Crippen LogP contribution in [-0.4, -0.2) is 29.1 Å². The minimum Gasteiger partial charge on any atom is -0.481 e. The molecule has 0 radical (unpaired) electrons. The first kappa shape index (κ1) is 19.5. The van der Waals surface area contributed by atoms with Crippen molar-refractivity contribution < 1.29 is 17.9 Å². The van der Waals surface area contributed by atoms with Crippen LogP contribution in [0.1, 0.15) is 38.3 Å². The fourth-order valence-electron chi connectivity index (χ4n) is 2.54. The second-order valence-corrected chi connectivity index (χ2v) is 6.32. The highest BCUT2D eigenvalue weighted by Gasteiger charge is 2.36. The average Bonchev–Trinajstić information content (AvgIpc) is 2.53. The number of aliphatic imine (C=N–C) groups is 1. The lowest BCUT2D eigenvalue weighted by Crippen LogP contribution is -2.46. The fraction of sp³-hybridized carbons (Fsp3) is 0.500. The van der Waals surface area contributed by atoms with Crippen LogP contribution in [0.2, 0.25) is 0 Å². The topological polar surface area (TPSA) is 85.7 Å². The molecular formula is C16H21F3N4OS. The lowest BCUT2D eigenvalue weighted by Gasteiger charge is -2.28. The highest BCUT2D eigenvalue weighted by molar-refractivity contribution is 7.80. The minimum atomic E-state index is -4.58. The number of nitrogens with one attached hydrogen (secondary N) is 1. The van der Waals surface area contributed by atoms with Gasteiger partial charge in [-0.2, -0.15) is 13.2 Å². The van der Waals surface area contributed by atoms with Gasteiger partial charge >= 0.3 is 6.18 Å². The average molecular weight is 374 g/mol. The molecule has 0 spiro atoms. The van der Waals surface area contributed by atoms with Gasteiger partial charge in [0.05, 0.1) is 6.04 Å². The van der Waals surface area contributed by atoms with Gasteiger partial charge in [-0.15, -0.1) is 0 Å². The molecule has 1 heterocycles. The van der Waals surface area contributed by atoms with Gasteiger partial charge in [0.2, 0.25) is 0 Å². The number of benzene rings is 1. The summed E-state index contributed by atoms with van der Waals surface area (Å²) in [4.78, 5) is 3.10. The molecule has 0 saturated carbocycles. The van der Waals surface area contributed by atoms with Crippen molar-refractivity contribution in [2.24, 2.45) is 16.5 Å². The van der Waals surface area contributed by atoms with E-state index in [9.17, 15) is 13.2 Å². The Kier molecular flexibility index (Phi) is 5.89. The smallest absolute Gasteiger partial charge is 0.441 e. The van der Waals surface area contributed by atoms with Gasteiger partial charge in [-0.25, -0.2) is 4.99 Å². The van der Waals surface area contributed by atoms with Gasteiger partial charge in [-0.1, -0.05) is 31.6 Å². The van der Waals surface area contributed by atoms with Crippen LogP contribution in [-0.2, 0) is 0 Å².